The molecule has 0 aromatic heterocycles. The summed E-state index contributed by atoms with van der Waals surface area (Å²) in [6.07, 6.45) is -0.0263. The number of anilines is 1. The van der Waals surface area contributed by atoms with Crippen molar-refractivity contribution in [1.29, 1.82) is 0 Å². The van der Waals surface area contributed by atoms with E-state index in [4.69, 9.17) is 44.7 Å². The van der Waals surface area contributed by atoms with Crippen molar-refractivity contribution in [2.24, 2.45) is 5.14 Å². The summed E-state index contributed by atoms with van der Waals surface area (Å²) < 4.78 is 29.8. The van der Waals surface area contributed by atoms with E-state index in [9.17, 15) is 13.2 Å². The van der Waals surface area contributed by atoms with Crippen molar-refractivity contribution in [2.75, 3.05) is 5.32 Å². The van der Waals surface area contributed by atoms with Gasteiger partial charge in [-0.1, -0.05) is 59.1 Å². The molecule has 0 aliphatic carbocycles. The molecule has 3 aromatic rings. The van der Waals surface area contributed by atoms with E-state index in [-0.39, 0.29) is 27.8 Å². The number of ether oxygens (including phenoxy) is 1. The van der Waals surface area contributed by atoms with Gasteiger partial charge in [0.05, 0.1) is 17.1 Å². The van der Waals surface area contributed by atoms with Gasteiger partial charge in [-0.2, -0.15) is 0 Å². The maximum atomic E-state index is 12.4. The summed E-state index contributed by atoms with van der Waals surface area (Å²) in [7, 11) is -4.19. The van der Waals surface area contributed by atoms with Gasteiger partial charge >= 0.3 is 0 Å². The minimum absolute atomic E-state index is 0.0263. The van der Waals surface area contributed by atoms with E-state index < -0.39 is 15.9 Å². The van der Waals surface area contributed by atoms with Crippen LogP contribution in [0.2, 0.25) is 15.1 Å². The summed E-state index contributed by atoms with van der Waals surface area (Å²) in [5.74, 6) is -0.248. The molecule has 1 amide bonds. The average Bonchev–Trinajstić information content (AvgIpc) is 2.65. The third kappa shape index (κ3) is 5.65. The predicted octanol–water partition coefficient (Wildman–Crippen LogP) is 5.27. The average molecular weight is 486 g/mol. The number of benzene rings is 3. The highest BCUT2D eigenvalue weighted by atomic mass is 35.5. The number of hydrogen-bond acceptors (Lipinski definition) is 4. The summed E-state index contributed by atoms with van der Waals surface area (Å²) >= 11 is 18.2. The van der Waals surface area contributed by atoms with Crippen LogP contribution in [0, 0.1) is 0 Å². The van der Waals surface area contributed by atoms with Crippen molar-refractivity contribution in [3.05, 3.63) is 81.3 Å². The van der Waals surface area contributed by atoms with Gasteiger partial charge in [-0.05, 0) is 35.9 Å². The van der Waals surface area contributed by atoms with Crippen molar-refractivity contribution in [3.8, 4) is 11.5 Å². The normalized spacial score (nSPS) is 11.2. The van der Waals surface area contributed by atoms with Gasteiger partial charge in [-0.3, -0.25) is 4.79 Å². The number of halogens is 3. The van der Waals surface area contributed by atoms with Crippen molar-refractivity contribution >= 4 is 56.4 Å². The lowest BCUT2D eigenvalue weighted by atomic mass is 10.1. The molecule has 156 valence electrons. The maximum absolute atomic E-state index is 12.4. The number of carbonyl (C=O) groups excluding carboxylic acids is 1. The molecule has 3 aromatic carbocycles. The number of hydrogen-bond donors (Lipinski definition) is 2. The molecular weight excluding hydrogens is 471 g/mol. The summed E-state index contributed by atoms with van der Waals surface area (Å²) in [6.45, 7) is 0. The molecule has 0 spiro atoms. The monoisotopic (exact) mass is 484 g/mol. The van der Waals surface area contributed by atoms with Crippen LogP contribution < -0.4 is 15.2 Å². The smallest absolute Gasteiger partial charge is 0.241 e. The van der Waals surface area contributed by atoms with Gasteiger partial charge in [-0.15, -0.1) is 0 Å². The fourth-order valence-corrected chi connectivity index (χ4v) is 3.85. The van der Waals surface area contributed by atoms with Crippen molar-refractivity contribution in [2.45, 2.75) is 11.3 Å². The van der Waals surface area contributed by atoms with Crippen LogP contribution in [0.5, 0.6) is 11.5 Å². The molecule has 0 radical (unpaired) electrons. The zero-order valence-corrected chi connectivity index (χ0v) is 18.3. The molecule has 0 aliphatic rings. The summed E-state index contributed by atoms with van der Waals surface area (Å²) in [5.41, 5.74) is 0.677. The Bertz CT molecular complexity index is 1220. The molecule has 10 heteroatoms. The zero-order valence-electron chi connectivity index (χ0n) is 15.2. The van der Waals surface area contributed by atoms with Gasteiger partial charge in [0, 0.05) is 16.1 Å². The standard InChI is InChI=1S/C20H15Cl3N2O4S/c21-13-5-3-6-14(9-13)29-18-10-16(23)17(11-19(18)30(24,27)28)25-20(26)8-12-4-1-2-7-15(12)22/h1-7,9-11H,8H2,(H,25,26)(H2,24,27,28). The number of rotatable bonds is 6. The third-order valence-electron chi connectivity index (χ3n) is 3.95. The number of carbonyl (C=O) groups is 1. The number of nitrogens with one attached hydrogen (secondary N) is 1. The fourth-order valence-electron chi connectivity index (χ4n) is 2.60. The number of amides is 1. The SMILES string of the molecule is NS(=O)(=O)c1cc(NC(=O)Cc2ccccc2Cl)c(Cl)cc1Oc1cccc(Cl)c1. The Morgan fingerprint density at radius 2 is 1.70 bits per heavy atom. The molecule has 30 heavy (non-hydrogen) atoms. The Balaban J connectivity index is 1.91. The minimum Gasteiger partial charge on any atom is -0.456 e. The van der Waals surface area contributed by atoms with E-state index in [1.807, 2.05) is 0 Å². The van der Waals surface area contributed by atoms with Crippen molar-refractivity contribution < 1.29 is 17.9 Å². The second kappa shape index (κ2) is 9.24. The molecule has 0 bridgehead atoms. The highest BCUT2D eigenvalue weighted by molar-refractivity contribution is 7.89. The lowest BCUT2D eigenvalue weighted by Crippen LogP contribution is -2.17. The second-order valence-corrected chi connectivity index (χ2v) is 8.98. The van der Waals surface area contributed by atoms with Crippen LogP contribution in [0.15, 0.2) is 65.6 Å². The second-order valence-electron chi connectivity index (χ2n) is 6.20. The van der Waals surface area contributed by atoms with Crippen LogP contribution in [-0.2, 0) is 21.2 Å². The van der Waals surface area contributed by atoms with E-state index in [1.165, 1.54) is 12.1 Å². The predicted molar refractivity (Wildman–Crippen MR) is 118 cm³/mol. The van der Waals surface area contributed by atoms with Gasteiger partial charge in [-0.25, -0.2) is 13.6 Å². The molecule has 0 atom stereocenters. The van der Waals surface area contributed by atoms with Gasteiger partial charge in [0.1, 0.15) is 16.4 Å². The van der Waals surface area contributed by atoms with Crippen molar-refractivity contribution in [3.63, 3.8) is 0 Å². The first-order valence-electron chi connectivity index (χ1n) is 8.46. The quantitative estimate of drug-likeness (QED) is 0.497. The molecule has 0 fully saturated rings. The van der Waals surface area contributed by atoms with Crippen LogP contribution in [0.3, 0.4) is 0 Å². The summed E-state index contributed by atoms with van der Waals surface area (Å²) in [4.78, 5) is 12.1. The Hall–Kier alpha value is -2.29. The first kappa shape index (κ1) is 22.4. The van der Waals surface area contributed by atoms with Gasteiger partial charge in [0.2, 0.25) is 15.9 Å². The van der Waals surface area contributed by atoms with Gasteiger partial charge in [0.25, 0.3) is 0 Å². The van der Waals surface area contributed by atoms with E-state index in [1.54, 1.807) is 42.5 Å². The molecule has 0 saturated heterocycles. The third-order valence-corrected chi connectivity index (χ3v) is 5.80. The van der Waals surface area contributed by atoms with E-state index in [0.717, 1.165) is 6.07 Å². The first-order valence-corrected chi connectivity index (χ1v) is 11.1. The van der Waals surface area contributed by atoms with Crippen LogP contribution in [0.4, 0.5) is 5.69 Å². The zero-order chi connectivity index (χ0) is 21.9. The highest BCUT2D eigenvalue weighted by Crippen LogP contribution is 2.36. The van der Waals surface area contributed by atoms with Crippen LogP contribution in [0.1, 0.15) is 5.56 Å². The van der Waals surface area contributed by atoms with Crippen LogP contribution in [0.25, 0.3) is 0 Å². The maximum Gasteiger partial charge on any atom is 0.241 e. The summed E-state index contributed by atoms with van der Waals surface area (Å²) in [6, 6.07) is 15.6. The number of primary sulfonamides is 1. The molecule has 0 unspecified atom stereocenters. The number of nitrogens with two attached hydrogens (primary N) is 1. The molecule has 3 rings (SSSR count). The lowest BCUT2D eigenvalue weighted by Gasteiger charge is -2.14. The first-order chi connectivity index (χ1) is 14.1. The Morgan fingerprint density at radius 1 is 0.967 bits per heavy atom. The highest BCUT2D eigenvalue weighted by Gasteiger charge is 2.21. The van der Waals surface area contributed by atoms with E-state index in [2.05, 4.69) is 5.32 Å². The molecule has 0 saturated carbocycles. The number of sulfonamides is 1. The van der Waals surface area contributed by atoms with Crippen LogP contribution >= 0.6 is 34.8 Å². The Labute approximate surface area is 188 Å². The molecule has 0 heterocycles. The van der Waals surface area contributed by atoms with Gasteiger partial charge < -0.3 is 10.1 Å². The van der Waals surface area contributed by atoms with Crippen LogP contribution in [-0.4, -0.2) is 14.3 Å². The lowest BCUT2D eigenvalue weighted by molar-refractivity contribution is -0.115. The van der Waals surface area contributed by atoms with E-state index in [0.29, 0.717) is 21.4 Å². The Kier molecular flexibility index (Phi) is 6.90. The molecule has 3 N–H and O–H groups in total. The molecule has 0 aliphatic heterocycles. The summed E-state index contributed by atoms with van der Waals surface area (Å²) in [5, 5.41) is 8.80. The molecule has 6 nitrogen and oxygen atoms in total. The molecular formula is C20H15Cl3N2O4S. The minimum atomic E-state index is -4.19. The Morgan fingerprint density at radius 3 is 2.37 bits per heavy atom. The van der Waals surface area contributed by atoms with Gasteiger partial charge in [0.15, 0.2) is 0 Å². The topological polar surface area (TPSA) is 98.5 Å². The van der Waals surface area contributed by atoms with Crippen molar-refractivity contribution in [1.82, 2.24) is 0 Å². The fraction of sp³-hybridized carbons (Fsp3) is 0.0500. The largest absolute Gasteiger partial charge is 0.456 e. The van der Waals surface area contributed by atoms with E-state index >= 15 is 0 Å².